The Morgan fingerprint density at radius 2 is 1.91 bits per heavy atom. The van der Waals surface area contributed by atoms with Gasteiger partial charge in [-0.25, -0.2) is 0 Å². The molecule has 5 heteroatoms. The molecule has 1 atom stereocenters. The van der Waals surface area contributed by atoms with Crippen molar-refractivity contribution in [3.8, 4) is 16.9 Å². The normalized spacial score (nSPS) is 19.6. The van der Waals surface area contributed by atoms with Crippen molar-refractivity contribution in [1.29, 1.82) is 0 Å². The first-order valence-corrected chi connectivity index (χ1v) is 7.31. The van der Waals surface area contributed by atoms with Gasteiger partial charge in [0.25, 0.3) is 5.91 Å². The molecular weight excluding hydrogens is 280 g/mol. The van der Waals surface area contributed by atoms with Gasteiger partial charge in [0.2, 0.25) is 0 Å². The first-order chi connectivity index (χ1) is 10.6. The standard InChI is InChI=1S/C17H16N2O3/c18-14-8-12-2-1-11(9-15(12)19(21)17(14)20)10-3-4-16-13(7-10)5-6-22-16/h1-4,7,9,14,21H,5-6,8,18H2. The number of hydrogen-bond donors (Lipinski definition) is 2. The van der Waals surface area contributed by atoms with E-state index in [1.807, 2.05) is 30.3 Å². The number of carbonyl (C=O) groups is 1. The van der Waals surface area contributed by atoms with E-state index in [0.29, 0.717) is 17.2 Å². The van der Waals surface area contributed by atoms with Crippen LogP contribution in [-0.2, 0) is 17.6 Å². The van der Waals surface area contributed by atoms with Crippen LogP contribution < -0.4 is 15.5 Å². The molecule has 0 bridgehead atoms. The smallest absolute Gasteiger partial charge is 0.267 e. The lowest BCUT2D eigenvalue weighted by Crippen LogP contribution is -2.47. The van der Waals surface area contributed by atoms with Crippen LogP contribution in [0.5, 0.6) is 5.75 Å². The minimum absolute atomic E-state index is 0.448. The Morgan fingerprint density at radius 3 is 2.77 bits per heavy atom. The molecular formula is C17H16N2O3. The number of benzene rings is 2. The fourth-order valence-electron chi connectivity index (χ4n) is 3.08. The maximum absolute atomic E-state index is 11.8. The lowest BCUT2D eigenvalue weighted by atomic mass is 9.94. The summed E-state index contributed by atoms with van der Waals surface area (Å²) in [6, 6.07) is 11.1. The summed E-state index contributed by atoms with van der Waals surface area (Å²) in [5, 5.41) is 10.7. The summed E-state index contributed by atoms with van der Waals surface area (Å²) in [6.45, 7) is 0.722. The van der Waals surface area contributed by atoms with Gasteiger partial charge in [-0.3, -0.25) is 10.0 Å². The monoisotopic (exact) mass is 296 g/mol. The summed E-state index contributed by atoms with van der Waals surface area (Å²) >= 11 is 0. The number of nitrogens with zero attached hydrogens (tertiary/aromatic N) is 1. The number of nitrogens with two attached hydrogens (primary N) is 1. The highest BCUT2D eigenvalue weighted by molar-refractivity contribution is 5.98. The van der Waals surface area contributed by atoms with Crippen LogP contribution in [0, 0.1) is 0 Å². The van der Waals surface area contributed by atoms with Gasteiger partial charge < -0.3 is 10.5 Å². The molecule has 2 heterocycles. The van der Waals surface area contributed by atoms with E-state index in [9.17, 15) is 10.0 Å². The number of hydrogen-bond acceptors (Lipinski definition) is 4. The summed E-state index contributed by atoms with van der Waals surface area (Å²) in [5.41, 5.74) is 10.3. The van der Waals surface area contributed by atoms with Crippen LogP contribution in [0.15, 0.2) is 36.4 Å². The largest absolute Gasteiger partial charge is 0.493 e. The third kappa shape index (κ3) is 1.98. The molecule has 0 saturated heterocycles. The van der Waals surface area contributed by atoms with E-state index in [1.165, 1.54) is 5.56 Å². The van der Waals surface area contributed by atoms with Crippen LogP contribution in [0.3, 0.4) is 0 Å². The minimum atomic E-state index is -0.680. The Balaban J connectivity index is 1.77. The Bertz CT molecular complexity index is 772. The van der Waals surface area contributed by atoms with Gasteiger partial charge in [0, 0.05) is 6.42 Å². The van der Waals surface area contributed by atoms with Gasteiger partial charge in [0.05, 0.1) is 18.3 Å². The molecule has 3 N–H and O–H groups in total. The van der Waals surface area contributed by atoms with E-state index in [-0.39, 0.29) is 0 Å². The van der Waals surface area contributed by atoms with E-state index < -0.39 is 11.9 Å². The van der Waals surface area contributed by atoms with E-state index in [2.05, 4.69) is 6.07 Å². The zero-order valence-electron chi connectivity index (χ0n) is 12.0. The lowest BCUT2D eigenvalue weighted by molar-refractivity contribution is -0.125. The second-order valence-electron chi connectivity index (χ2n) is 5.73. The number of rotatable bonds is 1. The highest BCUT2D eigenvalue weighted by Gasteiger charge is 2.29. The van der Waals surface area contributed by atoms with E-state index >= 15 is 0 Å². The molecule has 5 nitrogen and oxygen atoms in total. The molecule has 2 aromatic rings. The van der Waals surface area contributed by atoms with Gasteiger partial charge in [0.1, 0.15) is 5.75 Å². The minimum Gasteiger partial charge on any atom is -0.493 e. The van der Waals surface area contributed by atoms with Gasteiger partial charge in [-0.15, -0.1) is 0 Å². The second kappa shape index (κ2) is 4.83. The number of amides is 1. The number of anilines is 1. The van der Waals surface area contributed by atoms with Crippen LogP contribution >= 0.6 is 0 Å². The summed E-state index contributed by atoms with van der Waals surface area (Å²) in [7, 11) is 0. The molecule has 0 radical (unpaired) electrons. The number of hydroxylamine groups is 1. The maximum Gasteiger partial charge on any atom is 0.267 e. The van der Waals surface area contributed by atoms with E-state index in [1.54, 1.807) is 0 Å². The molecule has 0 fully saturated rings. The summed E-state index contributed by atoms with van der Waals surface area (Å²) in [4.78, 5) is 11.8. The first kappa shape index (κ1) is 13.3. The molecule has 2 aliphatic rings. The number of ether oxygens (including phenoxy) is 1. The van der Waals surface area contributed by atoms with Crippen LogP contribution in [-0.4, -0.2) is 23.8 Å². The van der Waals surface area contributed by atoms with Gasteiger partial charge in [-0.1, -0.05) is 18.2 Å². The maximum atomic E-state index is 11.8. The zero-order chi connectivity index (χ0) is 15.3. The molecule has 112 valence electrons. The molecule has 4 rings (SSSR count). The zero-order valence-corrected chi connectivity index (χ0v) is 12.0. The topological polar surface area (TPSA) is 75.8 Å². The Hall–Kier alpha value is -2.37. The predicted octanol–water partition coefficient (Wildman–Crippen LogP) is 1.89. The third-order valence-corrected chi connectivity index (χ3v) is 4.30. The molecule has 0 aromatic heterocycles. The second-order valence-corrected chi connectivity index (χ2v) is 5.73. The van der Waals surface area contributed by atoms with E-state index in [0.717, 1.165) is 35.5 Å². The highest BCUT2D eigenvalue weighted by atomic mass is 16.5. The molecule has 0 aliphatic carbocycles. The molecule has 2 aliphatic heterocycles. The van der Waals surface area contributed by atoms with Gasteiger partial charge in [0.15, 0.2) is 0 Å². The van der Waals surface area contributed by atoms with Crippen molar-refractivity contribution in [3.05, 3.63) is 47.5 Å². The molecule has 1 amide bonds. The molecule has 0 spiro atoms. The van der Waals surface area contributed by atoms with Crippen LogP contribution in [0.4, 0.5) is 5.69 Å². The van der Waals surface area contributed by atoms with Crippen molar-refractivity contribution in [2.24, 2.45) is 5.73 Å². The summed E-state index contributed by atoms with van der Waals surface area (Å²) in [6.07, 6.45) is 1.36. The average Bonchev–Trinajstić information content (AvgIpc) is 3.00. The first-order valence-electron chi connectivity index (χ1n) is 7.31. The van der Waals surface area contributed by atoms with Crippen molar-refractivity contribution in [2.75, 3.05) is 11.7 Å². The molecule has 2 aromatic carbocycles. The Morgan fingerprint density at radius 1 is 1.14 bits per heavy atom. The van der Waals surface area contributed by atoms with Crippen molar-refractivity contribution < 1.29 is 14.7 Å². The summed E-state index contributed by atoms with van der Waals surface area (Å²) < 4.78 is 5.52. The number of fused-ring (bicyclic) bond motifs is 2. The van der Waals surface area contributed by atoms with Crippen LogP contribution in [0.1, 0.15) is 11.1 Å². The van der Waals surface area contributed by atoms with Gasteiger partial charge in [-0.05, 0) is 46.9 Å². The van der Waals surface area contributed by atoms with Crippen molar-refractivity contribution in [3.63, 3.8) is 0 Å². The third-order valence-electron chi connectivity index (χ3n) is 4.30. The van der Waals surface area contributed by atoms with Crippen molar-refractivity contribution in [2.45, 2.75) is 18.9 Å². The predicted molar refractivity (Wildman–Crippen MR) is 82.0 cm³/mol. The molecule has 22 heavy (non-hydrogen) atoms. The Kier molecular flexibility index (Phi) is 2.92. The quantitative estimate of drug-likeness (QED) is 0.788. The SMILES string of the molecule is NC1Cc2ccc(-c3ccc4c(c3)CCO4)cc2N(O)C1=O. The van der Waals surface area contributed by atoms with Crippen molar-refractivity contribution >= 4 is 11.6 Å². The number of carbonyl (C=O) groups excluding carboxylic acids is 1. The fraction of sp³-hybridized carbons (Fsp3) is 0.235. The summed E-state index contributed by atoms with van der Waals surface area (Å²) in [5.74, 6) is 0.471. The van der Waals surface area contributed by atoms with Crippen molar-refractivity contribution in [1.82, 2.24) is 0 Å². The highest BCUT2D eigenvalue weighted by Crippen LogP contribution is 2.34. The van der Waals surface area contributed by atoms with E-state index in [4.69, 9.17) is 10.5 Å². The van der Waals surface area contributed by atoms with Gasteiger partial charge >= 0.3 is 0 Å². The van der Waals surface area contributed by atoms with Crippen LogP contribution in [0.2, 0.25) is 0 Å². The average molecular weight is 296 g/mol. The molecule has 1 unspecified atom stereocenters. The lowest BCUT2D eigenvalue weighted by Gasteiger charge is -2.28. The van der Waals surface area contributed by atoms with Gasteiger partial charge in [-0.2, -0.15) is 5.06 Å². The Labute approximate surface area is 127 Å². The van der Waals surface area contributed by atoms with Crippen LogP contribution in [0.25, 0.3) is 11.1 Å². The molecule has 0 saturated carbocycles. The fourth-order valence-corrected chi connectivity index (χ4v) is 3.08.